The molecule has 140 valence electrons. The Morgan fingerprint density at radius 1 is 1.22 bits per heavy atom. The van der Waals surface area contributed by atoms with Crippen molar-refractivity contribution in [2.45, 2.75) is 18.2 Å². The predicted octanol–water partition coefficient (Wildman–Crippen LogP) is 4.13. The van der Waals surface area contributed by atoms with Gasteiger partial charge in [-0.05, 0) is 49.1 Å². The number of carbonyl (C=O) groups excluding carboxylic acids is 1. The van der Waals surface area contributed by atoms with Gasteiger partial charge >= 0.3 is 5.97 Å². The standard InChI is InChI=1S/C20H18FNO4S/c1-11-14(9-19(23)24)15-8-18(26-2)16(21)10-17(15)22(11)20(25)12-4-6-13(27-3)7-5-12/h4-8,10H,9H2,1-3H3,(H,23,24). The molecular weight excluding hydrogens is 369 g/mol. The van der Waals surface area contributed by atoms with E-state index in [-0.39, 0.29) is 18.1 Å². The number of benzene rings is 2. The molecule has 1 heterocycles. The number of hydrogen-bond donors (Lipinski definition) is 1. The van der Waals surface area contributed by atoms with E-state index in [1.54, 1.807) is 30.8 Å². The first-order valence-corrected chi connectivity index (χ1v) is 9.37. The third kappa shape index (κ3) is 3.42. The molecular formula is C20H18FNO4S. The Bertz CT molecular complexity index is 1040. The van der Waals surface area contributed by atoms with Crippen molar-refractivity contribution in [3.63, 3.8) is 0 Å². The first-order chi connectivity index (χ1) is 12.9. The molecule has 0 radical (unpaired) electrons. The number of ether oxygens (including phenoxy) is 1. The third-order valence-electron chi connectivity index (χ3n) is 4.48. The van der Waals surface area contributed by atoms with E-state index < -0.39 is 11.8 Å². The van der Waals surface area contributed by atoms with E-state index in [2.05, 4.69) is 0 Å². The average molecular weight is 387 g/mol. The summed E-state index contributed by atoms with van der Waals surface area (Å²) >= 11 is 1.56. The number of methoxy groups -OCH3 is 1. The zero-order valence-corrected chi connectivity index (χ0v) is 15.9. The van der Waals surface area contributed by atoms with Crippen LogP contribution in [0.4, 0.5) is 4.39 Å². The number of fused-ring (bicyclic) bond motifs is 1. The molecule has 0 aliphatic heterocycles. The maximum Gasteiger partial charge on any atom is 0.307 e. The Balaban J connectivity index is 2.24. The molecule has 2 aromatic carbocycles. The summed E-state index contributed by atoms with van der Waals surface area (Å²) < 4.78 is 20.7. The van der Waals surface area contributed by atoms with Crippen molar-refractivity contribution in [1.82, 2.24) is 4.57 Å². The number of aromatic nitrogens is 1. The van der Waals surface area contributed by atoms with E-state index >= 15 is 0 Å². The van der Waals surface area contributed by atoms with Crippen LogP contribution in [0.3, 0.4) is 0 Å². The Morgan fingerprint density at radius 2 is 1.89 bits per heavy atom. The number of halogens is 1. The molecule has 0 spiro atoms. The molecule has 27 heavy (non-hydrogen) atoms. The van der Waals surface area contributed by atoms with E-state index in [0.29, 0.717) is 27.7 Å². The topological polar surface area (TPSA) is 68.5 Å². The Hall–Kier alpha value is -2.80. The first-order valence-electron chi connectivity index (χ1n) is 8.15. The van der Waals surface area contributed by atoms with Gasteiger partial charge in [0, 0.05) is 27.6 Å². The highest BCUT2D eigenvalue weighted by Gasteiger charge is 2.23. The molecule has 0 saturated heterocycles. The summed E-state index contributed by atoms with van der Waals surface area (Å²) in [5.74, 6) is -1.98. The fraction of sp³-hybridized carbons (Fsp3) is 0.200. The summed E-state index contributed by atoms with van der Waals surface area (Å²) in [6.45, 7) is 1.66. The van der Waals surface area contributed by atoms with Crippen LogP contribution >= 0.6 is 11.8 Å². The zero-order chi connectivity index (χ0) is 19.7. The van der Waals surface area contributed by atoms with Crippen LogP contribution in [0, 0.1) is 12.7 Å². The van der Waals surface area contributed by atoms with Gasteiger partial charge in [0.05, 0.1) is 19.0 Å². The van der Waals surface area contributed by atoms with Gasteiger partial charge < -0.3 is 9.84 Å². The van der Waals surface area contributed by atoms with Gasteiger partial charge in [0.1, 0.15) is 0 Å². The number of carbonyl (C=O) groups is 2. The molecule has 1 aromatic heterocycles. The molecule has 0 amide bonds. The average Bonchev–Trinajstić information content (AvgIpc) is 2.91. The van der Waals surface area contributed by atoms with Gasteiger partial charge in [0.25, 0.3) is 5.91 Å². The second-order valence-electron chi connectivity index (χ2n) is 6.01. The molecule has 1 N–H and O–H groups in total. The number of nitrogens with zero attached hydrogens (tertiary/aromatic N) is 1. The van der Waals surface area contributed by atoms with E-state index in [0.717, 1.165) is 4.90 Å². The lowest BCUT2D eigenvalue weighted by Gasteiger charge is -2.09. The van der Waals surface area contributed by atoms with Crippen molar-refractivity contribution < 1.29 is 23.8 Å². The second kappa shape index (κ2) is 7.44. The summed E-state index contributed by atoms with van der Waals surface area (Å²) in [5, 5.41) is 9.74. The van der Waals surface area contributed by atoms with E-state index in [1.807, 2.05) is 18.4 Å². The molecule has 3 rings (SSSR count). The van der Waals surface area contributed by atoms with Gasteiger partial charge in [-0.2, -0.15) is 0 Å². The largest absolute Gasteiger partial charge is 0.494 e. The maximum absolute atomic E-state index is 14.3. The molecule has 0 bridgehead atoms. The van der Waals surface area contributed by atoms with Gasteiger partial charge in [0.15, 0.2) is 11.6 Å². The number of hydrogen-bond acceptors (Lipinski definition) is 4. The van der Waals surface area contributed by atoms with Crippen molar-refractivity contribution >= 4 is 34.5 Å². The highest BCUT2D eigenvalue weighted by molar-refractivity contribution is 7.98. The van der Waals surface area contributed by atoms with Crippen LogP contribution in [-0.4, -0.2) is 34.9 Å². The molecule has 0 fully saturated rings. The zero-order valence-electron chi connectivity index (χ0n) is 15.1. The summed E-state index contributed by atoms with van der Waals surface area (Å²) in [6, 6.07) is 9.73. The van der Waals surface area contributed by atoms with Crippen molar-refractivity contribution in [2.24, 2.45) is 0 Å². The van der Waals surface area contributed by atoms with E-state index in [4.69, 9.17) is 4.74 Å². The van der Waals surface area contributed by atoms with E-state index in [1.165, 1.54) is 23.8 Å². The monoisotopic (exact) mass is 387 g/mol. The highest BCUT2D eigenvalue weighted by atomic mass is 32.2. The van der Waals surface area contributed by atoms with Crippen LogP contribution in [0.1, 0.15) is 21.6 Å². The van der Waals surface area contributed by atoms with Crippen LogP contribution in [0.25, 0.3) is 10.9 Å². The van der Waals surface area contributed by atoms with Crippen molar-refractivity contribution in [1.29, 1.82) is 0 Å². The van der Waals surface area contributed by atoms with Gasteiger partial charge in [-0.15, -0.1) is 11.8 Å². The lowest BCUT2D eigenvalue weighted by molar-refractivity contribution is -0.136. The van der Waals surface area contributed by atoms with Crippen LogP contribution in [0.15, 0.2) is 41.3 Å². The highest BCUT2D eigenvalue weighted by Crippen LogP contribution is 2.32. The normalized spacial score (nSPS) is 11.0. The second-order valence-corrected chi connectivity index (χ2v) is 6.89. The van der Waals surface area contributed by atoms with Crippen molar-refractivity contribution in [3.8, 4) is 5.75 Å². The van der Waals surface area contributed by atoms with Crippen LogP contribution < -0.4 is 4.74 Å². The quantitative estimate of drug-likeness (QED) is 0.667. The minimum absolute atomic E-state index is 0.00283. The first kappa shape index (κ1) is 19.0. The van der Waals surface area contributed by atoms with Crippen LogP contribution in [0.2, 0.25) is 0 Å². The number of carboxylic acid groups (broad SMARTS) is 1. The maximum atomic E-state index is 14.3. The SMILES string of the molecule is COc1cc2c(CC(=O)O)c(C)n(C(=O)c3ccc(SC)cc3)c2cc1F. The Labute approximate surface area is 159 Å². The molecule has 3 aromatic rings. The molecule has 0 aliphatic carbocycles. The van der Waals surface area contributed by atoms with Crippen molar-refractivity contribution in [3.05, 3.63) is 59.0 Å². The minimum atomic E-state index is -1.03. The minimum Gasteiger partial charge on any atom is -0.494 e. The molecule has 0 unspecified atom stereocenters. The summed E-state index contributed by atoms with van der Waals surface area (Å²) in [5.41, 5.74) is 1.69. The fourth-order valence-electron chi connectivity index (χ4n) is 3.14. The number of rotatable bonds is 5. The lowest BCUT2D eigenvalue weighted by Crippen LogP contribution is -2.14. The number of carboxylic acids is 1. The number of thioether (sulfide) groups is 1. The molecule has 0 saturated carbocycles. The summed E-state index contributed by atoms with van der Waals surface area (Å²) in [4.78, 5) is 25.4. The summed E-state index contributed by atoms with van der Waals surface area (Å²) in [7, 11) is 1.34. The van der Waals surface area contributed by atoms with Gasteiger partial charge in [-0.25, -0.2) is 4.39 Å². The van der Waals surface area contributed by atoms with Crippen LogP contribution in [0.5, 0.6) is 5.75 Å². The lowest BCUT2D eigenvalue weighted by atomic mass is 10.1. The smallest absolute Gasteiger partial charge is 0.307 e. The number of aliphatic carboxylic acids is 1. The third-order valence-corrected chi connectivity index (χ3v) is 5.22. The molecule has 0 atom stereocenters. The summed E-state index contributed by atoms with van der Waals surface area (Å²) in [6.07, 6.45) is 1.66. The molecule has 5 nitrogen and oxygen atoms in total. The van der Waals surface area contributed by atoms with E-state index in [9.17, 15) is 19.1 Å². The van der Waals surface area contributed by atoms with Gasteiger partial charge in [-0.1, -0.05) is 0 Å². The Morgan fingerprint density at radius 3 is 2.44 bits per heavy atom. The van der Waals surface area contributed by atoms with Crippen LogP contribution in [-0.2, 0) is 11.2 Å². The molecule has 7 heteroatoms. The van der Waals surface area contributed by atoms with Crippen molar-refractivity contribution in [2.75, 3.05) is 13.4 Å². The fourth-order valence-corrected chi connectivity index (χ4v) is 3.54. The van der Waals surface area contributed by atoms with Gasteiger partial charge in [-0.3, -0.25) is 14.2 Å². The molecule has 0 aliphatic rings. The predicted molar refractivity (Wildman–Crippen MR) is 102 cm³/mol. The van der Waals surface area contributed by atoms with Gasteiger partial charge in [0.2, 0.25) is 0 Å². The Kier molecular flexibility index (Phi) is 5.23.